The second kappa shape index (κ2) is 6.45. The summed E-state index contributed by atoms with van der Waals surface area (Å²) in [6.07, 6.45) is -5.95. The molecule has 0 amide bonds. The number of sulfonamides is 1. The van der Waals surface area contributed by atoms with Gasteiger partial charge in [-0.3, -0.25) is 0 Å². The van der Waals surface area contributed by atoms with Crippen LogP contribution in [0.4, 0.5) is 13.2 Å². The third kappa shape index (κ3) is 3.06. The minimum Gasteiger partial charge on any atom is -0.467 e. The van der Waals surface area contributed by atoms with Gasteiger partial charge in [-0.1, -0.05) is 29.3 Å². The van der Waals surface area contributed by atoms with Gasteiger partial charge in [0.2, 0.25) is 15.6 Å². The van der Waals surface area contributed by atoms with Crippen molar-refractivity contribution in [3.05, 3.63) is 41.5 Å². The average molecular weight is 377 g/mol. The number of carbonyl (C=O) groups excluding carboxylic acids is 1. The molecule has 1 aromatic carbocycles. The highest BCUT2D eigenvalue weighted by Crippen LogP contribution is 2.47. The molecule has 0 spiro atoms. The molecule has 1 aliphatic rings. The van der Waals surface area contributed by atoms with Gasteiger partial charge in [0.15, 0.2) is 0 Å². The molecular formula is C16H18F3NO4S. The predicted octanol–water partition coefficient (Wildman–Crippen LogP) is 2.89. The van der Waals surface area contributed by atoms with E-state index in [1.165, 1.54) is 31.2 Å². The Morgan fingerprint density at radius 3 is 2.20 bits per heavy atom. The molecule has 0 aliphatic carbocycles. The Morgan fingerprint density at radius 2 is 1.72 bits per heavy atom. The van der Waals surface area contributed by atoms with Crippen molar-refractivity contribution in [3.8, 4) is 0 Å². The number of methoxy groups -OCH3 is 1. The first-order valence-corrected chi connectivity index (χ1v) is 8.80. The van der Waals surface area contributed by atoms with Crippen LogP contribution in [0.3, 0.4) is 0 Å². The SMILES string of the molecule is COC(=O)[C@@]1(C(F)(F)F)CC(C)=C(C)CN1S(=O)(=O)c1ccccc1. The van der Waals surface area contributed by atoms with Gasteiger partial charge in [0.05, 0.1) is 12.0 Å². The maximum atomic E-state index is 14.0. The molecule has 0 saturated heterocycles. The van der Waals surface area contributed by atoms with E-state index in [4.69, 9.17) is 0 Å². The van der Waals surface area contributed by atoms with Gasteiger partial charge in [-0.05, 0) is 26.0 Å². The van der Waals surface area contributed by atoms with E-state index in [9.17, 15) is 26.4 Å². The molecule has 0 fully saturated rings. The van der Waals surface area contributed by atoms with Crippen molar-refractivity contribution < 1.29 is 31.1 Å². The number of ether oxygens (including phenoxy) is 1. The molecule has 1 aromatic rings. The summed E-state index contributed by atoms with van der Waals surface area (Å²) in [4.78, 5) is 11.9. The minimum atomic E-state index is -5.15. The van der Waals surface area contributed by atoms with Crippen molar-refractivity contribution in [2.75, 3.05) is 13.7 Å². The maximum absolute atomic E-state index is 14.0. The molecule has 2 rings (SSSR count). The number of carbonyl (C=O) groups is 1. The minimum absolute atomic E-state index is 0.212. The van der Waals surface area contributed by atoms with Gasteiger partial charge >= 0.3 is 12.1 Å². The van der Waals surface area contributed by atoms with Crippen molar-refractivity contribution in [1.82, 2.24) is 4.31 Å². The van der Waals surface area contributed by atoms with E-state index in [0.29, 0.717) is 11.1 Å². The van der Waals surface area contributed by atoms with Crippen molar-refractivity contribution in [2.24, 2.45) is 0 Å². The quantitative estimate of drug-likeness (QED) is 0.600. The van der Waals surface area contributed by atoms with Crippen LogP contribution in [0.25, 0.3) is 0 Å². The Balaban J connectivity index is 2.77. The Morgan fingerprint density at radius 1 is 1.16 bits per heavy atom. The number of benzene rings is 1. The fraction of sp³-hybridized carbons (Fsp3) is 0.438. The van der Waals surface area contributed by atoms with Gasteiger partial charge in [0, 0.05) is 13.0 Å². The third-order valence-electron chi connectivity index (χ3n) is 4.38. The number of rotatable bonds is 3. The van der Waals surface area contributed by atoms with E-state index in [2.05, 4.69) is 4.74 Å². The molecule has 5 nitrogen and oxygen atoms in total. The maximum Gasteiger partial charge on any atom is 0.418 e. The number of esters is 1. The van der Waals surface area contributed by atoms with Crippen molar-refractivity contribution in [3.63, 3.8) is 0 Å². The summed E-state index contributed by atoms with van der Waals surface area (Å²) in [5.74, 6) is -1.65. The zero-order valence-electron chi connectivity index (χ0n) is 13.9. The van der Waals surface area contributed by atoms with E-state index in [0.717, 1.165) is 7.11 Å². The average Bonchev–Trinajstić information content (AvgIpc) is 2.55. The molecular weight excluding hydrogens is 359 g/mol. The van der Waals surface area contributed by atoms with E-state index in [-0.39, 0.29) is 9.20 Å². The van der Waals surface area contributed by atoms with Crippen molar-refractivity contribution >= 4 is 16.0 Å². The standard InChI is InChI=1S/C16H18F3NO4S/c1-11-9-15(14(21)24-3,16(17,18)19)20(10-12(11)2)25(22,23)13-7-5-4-6-8-13/h4-8H,9-10H2,1-3H3/t15-/m1/s1. The lowest BCUT2D eigenvalue weighted by Crippen LogP contribution is -2.67. The lowest BCUT2D eigenvalue weighted by Gasteiger charge is -2.44. The van der Waals surface area contributed by atoms with E-state index >= 15 is 0 Å². The second-order valence-corrected chi connectivity index (χ2v) is 7.77. The Bertz CT molecular complexity index is 802. The van der Waals surface area contributed by atoms with Crippen LogP contribution in [0.15, 0.2) is 46.4 Å². The highest BCUT2D eigenvalue weighted by atomic mass is 32.2. The molecule has 0 radical (unpaired) electrons. The van der Waals surface area contributed by atoms with Gasteiger partial charge < -0.3 is 4.74 Å². The third-order valence-corrected chi connectivity index (χ3v) is 6.27. The van der Waals surface area contributed by atoms with Gasteiger partial charge in [0.1, 0.15) is 0 Å². The molecule has 0 saturated carbocycles. The van der Waals surface area contributed by atoms with Crippen LogP contribution in [0.5, 0.6) is 0 Å². The smallest absolute Gasteiger partial charge is 0.418 e. The van der Waals surface area contributed by atoms with Crippen molar-refractivity contribution in [1.29, 1.82) is 0 Å². The lowest BCUT2D eigenvalue weighted by molar-refractivity contribution is -0.228. The number of alkyl halides is 3. The van der Waals surface area contributed by atoms with E-state index < -0.39 is 40.7 Å². The first-order chi connectivity index (χ1) is 11.5. The fourth-order valence-electron chi connectivity index (χ4n) is 2.82. The van der Waals surface area contributed by atoms with Crippen LogP contribution in [0.1, 0.15) is 20.3 Å². The summed E-state index contributed by atoms with van der Waals surface area (Å²) in [5, 5.41) is 0. The fourth-order valence-corrected chi connectivity index (χ4v) is 4.59. The first kappa shape index (κ1) is 19.5. The molecule has 9 heteroatoms. The van der Waals surface area contributed by atoms with Crippen LogP contribution in [-0.2, 0) is 19.6 Å². The number of hydrogen-bond acceptors (Lipinski definition) is 4. The van der Waals surface area contributed by atoms with Gasteiger partial charge in [-0.15, -0.1) is 0 Å². The molecule has 0 N–H and O–H groups in total. The Hall–Kier alpha value is -1.87. The molecule has 1 atom stereocenters. The zero-order valence-corrected chi connectivity index (χ0v) is 14.7. The highest BCUT2D eigenvalue weighted by molar-refractivity contribution is 7.89. The summed E-state index contributed by atoms with van der Waals surface area (Å²) in [7, 11) is -3.78. The number of hydrogen-bond donors (Lipinski definition) is 0. The molecule has 0 aromatic heterocycles. The normalized spacial score (nSPS) is 22.8. The van der Waals surface area contributed by atoms with Crippen LogP contribution >= 0.6 is 0 Å². The number of halogens is 3. The second-order valence-electron chi connectivity index (χ2n) is 5.91. The molecule has 138 valence electrons. The van der Waals surface area contributed by atoms with Gasteiger partial charge in [-0.2, -0.15) is 17.5 Å². The van der Waals surface area contributed by atoms with E-state index in [1.807, 2.05) is 0 Å². The van der Waals surface area contributed by atoms with Crippen LogP contribution in [0, 0.1) is 0 Å². The summed E-state index contributed by atoms with van der Waals surface area (Å²) >= 11 is 0. The largest absolute Gasteiger partial charge is 0.467 e. The van der Waals surface area contributed by atoms with Crippen molar-refractivity contribution in [2.45, 2.75) is 36.9 Å². The predicted molar refractivity (Wildman–Crippen MR) is 84.1 cm³/mol. The van der Waals surface area contributed by atoms with Gasteiger partial charge in [-0.25, -0.2) is 13.2 Å². The topological polar surface area (TPSA) is 63.7 Å². The molecule has 1 heterocycles. The molecule has 0 bridgehead atoms. The summed E-state index contributed by atoms with van der Waals surface area (Å²) < 4.78 is 72.4. The monoisotopic (exact) mass is 377 g/mol. The molecule has 1 aliphatic heterocycles. The first-order valence-electron chi connectivity index (χ1n) is 7.36. The number of nitrogens with zero attached hydrogens (tertiary/aromatic N) is 1. The summed E-state index contributed by atoms with van der Waals surface area (Å²) in [5.41, 5.74) is -2.52. The lowest BCUT2D eigenvalue weighted by atomic mass is 9.85. The summed E-state index contributed by atoms with van der Waals surface area (Å²) in [6, 6.07) is 6.72. The highest BCUT2D eigenvalue weighted by Gasteiger charge is 2.69. The van der Waals surface area contributed by atoms with Crippen LogP contribution in [0.2, 0.25) is 0 Å². The van der Waals surface area contributed by atoms with Gasteiger partial charge in [0.25, 0.3) is 0 Å². The zero-order chi connectivity index (χ0) is 19.0. The summed E-state index contributed by atoms with van der Waals surface area (Å²) in [6.45, 7) is 2.45. The Kier molecular flexibility index (Phi) is 5.02. The molecule has 25 heavy (non-hydrogen) atoms. The molecule has 0 unspecified atom stereocenters. The van der Waals surface area contributed by atoms with Crippen LogP contribution < -0.4 is 0 Å². The van der Waals surface area contributed by atoms with Crippen LogP contribution in [-0.4, -0.2) is 44.1 Å². The van der Waals surface area contributed by atoms with E-state index in [1.54, 1.807) is 13.0 Å². The Labute approximate surface area is 144 Å².